The summed E-state index contributed by atoms with van der Waals surface area (Å²) < 4.78 is 1.96. The molecule has 2 aromatic carbocycles. The zero-order valence-corrected chi connectivity index (χ0v) is 12.5. The fourth-order valence-corrected chi connectivity index (χ4v) is 2.58. The summed E-state index contributed by atoms with van der Waals surface area (Å²) in [6.07, 6.45) is 3.59. The number of aromatic nitrogens is 2. The van der Waals surface area contributed by atoms with E-state index in [1.54, 1.807) is 36.5 Å². The molecule has 0 bridgehead atoms. The van der Waals surface area contributed by atoms with Gasteiger partial charge in [0.05, 0.1) is 5.02 Å². The first kappa shape index (κ1) is 14.0. The second kappa shape index (κ2) is 5.80. The van der Waals surface area contributed by atoms with Crippen molar-refractivity contribution >= 4 is 23.2 Å². The molecule has 0 aliphatic carbocycles. The van der Waals surface area contributed by atoms with E-state index in [1.807, 2.05) is 22.9 Å². The molecule has 0 atom stereocenters. The van der Waals surface area contributed by atoms with Crippen molar-refractivity contribution in [2.75, 3.05) is 0 Å². The summed E-state index contributed by atoms with van der Waals surface area (Å²) in [4.78, 5) is 4.36. The van der Waals surface area contributed by atoms with E-state index in [4.69, 9.17) is 23.2 Å². The van der Waals surface area contributed by atoms with E-state index in [9.17, 15) is 5.11 Å². The number of halogens is 2. The summed E-state index contributed by atoms with van der Waals surface area (Å²) in [5.41, 5.74) is 1.77. The summed E-state index contributed by atoms with van der Waals surface area (Å²) >= 11 is 12.3. The van der Waals surface area contributed by atoms with Crippen molar-refractivity contribution < 1.29 is 5.11 Å². The van der Waals surface area contributed by atoms with Gasteiger partial charge in [0.1, 0.15) is 11.6 Å². The van der Waals surface area contributed by atoms with E-state index in [2.05, 4.69) is 4.98 Å². The Morgan fingerprint density at radius 3 is 2.76 bits per heavy atom. The van der Waals surface area contributed by atoms with Gasteiger partial charge in [-0.2, -0.15) is 0 Å². The Kier molecular flexibility index (Phi) is 3.86. The fraction of sp³-hybridized carbons (Fsp3) is 0.0625. The van der Waals surface area contributed by atoms with Gasteiger partial charge < -0.3 is 9.67 Å². The van der Waals surface area contributed by atoms with Crippen LogP contribution in [0.15, 0.2) is 54.9 Å². The topological polar surface area (TPSA) is 38.0 Å². The average Bonchev–Trinajstić information content (AvgIpc) is 2.89. The molecule has 0 saturated carbocycles. The predicted octanol–water partition coefficient (Wildman–Crippen LogP) is 4.61. The van der Waals surface area contributed by atoms with Crippen LogP contribution in [0.5, 0.6) is 5.75 Å². The maximum absolute atomic E-state index is 9.55. The quantitative estimate of drug-likeness (QED) is 0.765. The largest absolute Gasteiger partial charge is 0.508 e. The highest BCUT2D eigenvalue weighted by Crippen LogP contribution is 2.30. The molecule has 0 fully saturated rings. The zero-order chi connectivity index (χ0) is 14.8. The maximum Gasteiger partial charge on any atom is 0.141 e. The smallest absolute Gasteiger partial charge is 0.141 e. The van der Waals surface area contributed by atoms with E-state index < -0.39 is 0 Å². The van der Waals surface area contributed by atoms with Gasteiger partial charge in [0.25, 0.3) is 0 Å². The number of benzene rings is 2. The van der Waals surface area contributed by atoms with Crippen LogP contribution in [0.1, 0.15) is 5.56 Å². The van der Waals surface area contributed by atoms with Gasteiger partial charge in [0, 0.05) is 29.5 Å². The van der Waals surface area contributed by atoms with Crippen molar-refractivity contribution in [3.8, 4) is 17.1 Å². The van der Waals surface area contributed by atoms with Crippen LogP contribution in [0.4, 0.5) is 0 Å². The number of phenols is 1. The highest BCUT2D eigenvalue weighted by atomic mass is 35.5. The first-order chi connectivity index (χ1) is 10.1. The molecule has 1 heterocycles. The standard InChI is InChI=1S/C16H12Cl2N2O/c17-12-4-5-15(18)14(9-12)16-19-6-7-20(16)10-11-2-1-3-13(21)8-11/h1-9,21H,10H2. The molecule has 3 rings (SSSR count). The Morgan fingerprint density at radius 2 is 1.95 bits per heavy atom. The molecule has 3 nitrogen and oxygen atoms in total. The summed E-state index contributed by atoms with van der Waals surface area (Å²) in [7, 11) is 0. The highest BCUT2D eigenvalue weighted by molar-refractivity contribution is 6.35. The molecule has 1 N–H and O–H groups in total. The first-order valence-electron chi connectivity index (χ1n) is 6.38. The van der Waals surface area contributed by atoms with Crippen LogP contribution in [-0.4, -0.2) is 14.7 Å². The summed E-state index contributed by atoms with van der Waals surface area (Å²) in [6, 6.07) is 12.4. The number of imidazole rings is 1. The molecular weight excluding hydrogens is 307 g/mol. The Balaban J connectivity index is 1.99. The van der Waals surface area contributed by atoms with Crippen molar-refractivity contribution in [1.82, 2.24) is 9.55 Å². The van der Waals surface area contributed by atoms with Crippen LogP contribution in [0, 0.1) is 0 Å². The first-order valence-corrected chi connectivity index (χ1v) is 7.13. The fourth-order valence-electron chi connectivity index (χ4n) is 2.20. The molecule has 1 aromatic heterocycles. The summed E-state index contributed by atoms with van der Waals surface area (Å²) in [6.45, 7) is 0.590. The normalized spacial score (nSPS) is 10.8. The maximum atomic E-state index is 9.55. The monoisotopic (exact) mass is 318 g/mol. The van der Waals surface area contributed by atoms with Gasteiger partial charge in [-0.1, -0.05) is 35.3 Å². The zero-order valence-electron chi connectivity index (χ0n) is 11.0. The lowest BCUT2D eigenvalue weighted by Crippen LogP contribution is -2.01. The average molecular weight is 319 g/mol. The summed E-state index contributed by atoms with van der Waals surface area (Å²) in [5, 5.41) is 10.8. The van der Waals surface area contributed by atoms with Crippen molar-refractivity contribution in [2.45, 2.75) is 6.54 Å². The van der Waals surface area contributed by atoms with Crippen LogP contribution in [0.2, 0.25) is 10.0 Å². The minimum atomic E-state index is 0.245. The molecule has 3 aromatic rings. The highest BCUT2D eigenvalue weighted by Gasteiger charge is 2.11. The van der Waals surface area contributed by atoms with E-state index in [0.29, 0.717) is 16.6 Å². The molecule has 0 radical (unpaired) electrons. The molecular formula is C16H12Cl2N2O. The molecule has 0 saturated heterocycles. The van der Waals surface area contributed by atoms with Crippen molar-refractivity contribution in [3.63, 3.8) is 0 Å². The molecule has 0 amide bonds. The number of nitrogens with zero attached hydrogens (tertiary/aromatic N) is 2. The van der Waals surface area contributed by atoms with E-state index in [-0.39, 0.29) is 5.75 Å². The predicted molar refractivity (Wildman–Crippen MR) is 84.9 cm³/mol. The molecule has 0 unspecified atom stereocenters. The number of phenolic OH excluding ortho intramolecular Hbond substituents is 1. The van der Waals surface area contributed by atoms with E-state index in [0.717, 1.165) is 17.0 Å². The third-order valence-corrected chi connectivity index (χ3v) is 3.71. The lowest BCUT2D eigenvalue weighted by Gasteiger charge is -2.10. The van der Waals surface area contributed by atoms with Gasteiger partial charge in [0.15, 0.2) is 0 Å². The lowest BCUT2D eigenvalue weighted by molar-refractivity contribution is 0.474. The van der Waals surface area contributed by atoms with Gasteiger partial charge >= 0.3 is 0 Å². The number of hydrogen-bond donors (Lipinski definition) is 1. The van der Waals surface area contributed by atoms with E-state index in [1.165, 1.54) is 0 Å². The van der Waals surface area contributed by atoms with Crippen molar-refractivity contribution in [2.24, 2.45) is 0 Å². The van der Waals surface area contributed by atoms with Gasteiger partial charge in [-0.15, -0.1) is 0 Å². The van der Waals surface area contributed by atoms with Gasteiger partial charge in [-0.25, -0.2) is 4.98 Å². The molecule has 0 spiro atoms. The third kappa shape index (κ3) is 3.04. The minimum Gasteiger partial charge on any atom is -0.508 e. The van der Waals surface area contributed by atoms with Gasteiger partial charge in [-0.05, 0) is 35.9 Å². The minimum absolute atomic E-state index is 0.245. The Labute approximate surface area is 132 Å². The molecule has 0 aliphatic rings. The van der Waals surface area contributed by atoms with Gasteiger partial charge in [-0.3, -0.25) is 0 Å². The Bertz CT molecular complexity index is 783. The van der Waals surface area contributed by atoms with Crippen LogP contribution in [0.25, 0.3) is 11.4 Å². The van der Waals surface area contributed by atoms with Crippen LogP contribution in [0.3, 0.4) is 0 Å². The Hall–Kier alpha value is -1.97. The van der Waals surface area contributed by atoms with Crippen molar-refractivity contribution in [3.05, 3.63) is 70.5 Å². The summed E-state index contributed by atoms with van der Waals surface area (Å²) in [5.74, 6) is 0.987. The van der Waals surface area contributed by atoms with Gasteiger partial charge in [0.2, 0.25) is 0 Å². The molecule has 0 aliphatic heterocycles. The Morgan fingerprint density at radius 1 is 1.10 bits per heavy atom. The number of rotatable bonds is 3. The van der Waals surface area contributed by atoms with Crippen molar-refractivity contribution in [1.29, 1.82) is 0 Å². The van der Waals surface area contributed by atoms with E-state index >= 15 is 0 Å². The number of aromatic hydroxyl groups is 1. The number of hydrogen-bond acceptors (Lipinski definition) is 2. The van der Waals surface area contributed by atoms with Crippen LogP contribution >= 0.6 is 23.2 Å². The van der Waals surface area contributed by atoms with Crippen LogP contribution < -0.4 is 0 Å². The SMILES string of the molecule is Oc1cccc(Cn2ccnc2-c2cc(Cl)ccc2Cl)c1. The molecule has 21 heavy (non-hydrogen) atoms. The molecule has 5 heteroatoms. The second-order valence-electron chi connectivity index (χ2n) is 4.67. The van der Waals surface area contributed by atoms with Crippen LogP contribution in [-0.2, 0) is 6.54 Å². The third-order valence-electron chi connectivity index (χ3n) is 3.15. The lowest BCUT2D eigenvalue weighted by atomic mass is 10.2. The second-order valence-corrected chi connectivity index (χ2v) is 5.52. The molecule has 106 valence electrons.